The first-order chi connectivity index (χ1) is 12.1. The van der Waals surface area contributed by atoms with Crippen LogP contribution in [0, 0.1) is 13.8 Å². The number of nitrogens with one attached hydrogen (secondary N) is 1. The van der Waals surface area contributed by atoms with Crippen molar-refractivity contribution < 1.29 is 13.2 Å². The Bertz CT molecular complexity index is 982. The van der Waals surface area contributed by atoms with Crippen molar-refractivity contribution in [3.8, 4) is 0 Å². The number of fused-ring (bicyclic) bond motifs is 1. The number of hydrogen-bond acceptors (Lipinski definition) is 3. The van der Waals surface area contributed by atoms with Crippen LogP contribution in [0.3, 0.4) is 0 Å². The largest absolute Gasteiger partial charge is 0.308 e. The number of carbonyl (C=O) groups is 1. The number of anilines is 2. The quantitative estimate of drug-likeness (QED) is 0.784. The van der Waals surface area contributed by atoms with E-state index in [4.69, 9.17) is 0 Å². The highest BCUT2D eigenvalue weighted by molar-refractivity contribution is 9.10. The first-order valence-electron chi connectivity index (χ1n) is 8.33. The van der Waals surface area contributed by atoms with Crippen LogP contribution in [0.25, 0.3) is 0 Å². The zero-order valence-corrected chi connectivity index (χ0v) is 17.5. The molecule has 0 saturated carbocycles. The number of sulfonamides is 1. The number of rotatable bonds is 3. The Hall–Kier alpha value is -1.86. The average Bonchev–Trinajstić information content (AvgIpc) is 2.85. The molecule has 1 amide bonds. The van der Waals surface area contributed by atoms with E-state index >= 15 is 0 Å². The highest BCUT2D eigenvalue weighted by Crippen LogP contribution is 2.41. The third-order valence-corrected chi connectivity index (χ3v) is 6.48. The van der Waals surface area contributed by atoms with Gasteiger partial charge in [0.2, 0.25) is 5.91 Å². The summed E-state index contributed by atoms with van der Waals surface area (Å²) in [4.78, 5) is 13.8. The monoisotopic (exact) mass is 436 g/mol. The Morgan fingerprint density at radius 1 is 1.23 bits per heavy atom. The average molecular weight is 437 g/mol. The SMILES string of the molecule is CC(=O)N1c2c(cc(Br)cc2S(=O)(=O)Nc2c(C)cccc2C)CC1C. The van der Waals surface area contributed by atoms with E-state index in [1.165, 1.54) is 6.92 Å². The first-order valence-corrected chi connectivity index (χ1v) is 10.6. The minimum absolute atomic E-state index is 0.0778. The van der Waals surface area contributed by atoms with E-state index in [0.717, 1.165) is 16.7 Å². The molecule has 138 valence electrons. The molecule has 1 aliphatic rings. The molecule has 1 aliphatic heterocycles. The van der Waals surface area contributed by atoms with Crippen LogP contribution in [0.4, 0.5) is 11.4 Å². The molecule has 0 bridgehead atoms. The topological polar surface area (TPSA) is 66.5 Å². The molecule has 7 heteroatoms. The fraction of sp³-hybridized carbons (Fsp3) is 0.316. The van der Waals surface area contributed by atoms with Gasteiger partial charge in [0.25, 0.3) is 10.0 Å². The highest BCUT2D eigenvalue weighted by atomic mass is 79.9. The van der Waals surface area contributed by atoms with Gasteiger partial charge in [0.15, 0.2) is 0 Å². The maximum atomic E-state index is 13.2. The number of amides is 1. The Labute approximate surface area is 162 Å². The smallest absolute Gasteiger partial charge is 0.264 e. The molecule has 0 aromatic heterocycles. The highest BCUT2D eigenvalue weighted by Gasteiger charge is 2.35. The van der Waals surface area contributed by atoms with Crippen molar-refractivity contribution >= 4 is 43.2 Å². The van der Waals surface area contributed by atoms with Crippen LogP contribution in [-0.2, 0) is 21.2 Å². The van der Waals surface area contributed by atoms with Gasteiger partial charge in [0.05, 0.1) is 11.4 Å². The number of hydrogen-bond donors (Lipinski definition) is 1. The van der Waals surface area contributed by atoms with Crippen LogP contribution >= 0.6 is 15.9 Å². The lowest BCUT2D eigenvalue weighted by Crippen LogP contribution is -2.34. The second kappa shape index (κ2) is 6.70. The predicted octanol–water partition coefficient (Wildman–Crippen LogP) is 4.16. The summed E-state index contributed by atoms with van der Waals surface area (Å²) in [6.45, 7) is 7.11. The Morgan fingerprint density at radius 2 is 1.85 bits per heavy atom. The fourth-order valence-corrected chi connectivity index (χ4v) is 5.65. The lowest BCUT2D eigenvalue weighted by molar-refractivity contribution is -0.116. The molecular weight excluding hydrogens is 416 g/mol. The summed E-state index contributed by atoms with van der Waals surface area (Å²) in [6, 6.07) is 8.97. The van der Waals surface area contributed by atoms with Crippen molar-refractivity contribution in [2.45, 2.75) is 45.1 Å². The molecule has 2 aromatic carbocycles. The molecule has 1 heterocycles. The number of para-hydroxylation sites is 1. The Kier molecular flexibility index (Phi) is 4.88. The van der Waals surface area contributed by atoms with Gasteiger partial charge in [-0.25, -0.2) is 8.42 Å². The van der Waals surface area contributed by atoms with Crippen LogP contribution in [0.1, 0.15) is 30.5 Å². The van der Waals surface area contributed by atoms with Crippen LogP contribution in [0.15, 0.2) is 39.7 Å². The number of benzene rings is 2. The van der Waals surface area contributed by atoms with Gasteiger partial charge < -0.3 is 4.90 Å². The number of aryl methyl sites for hydroxylation is 2. The molecule has 3 rings (SSSR count). The van der Waals surface area contributed by atoms with Crippen LogP contribution in [0.2, 0.25) is 0 Å². The van der Waals surface area contributed by atoms with E-state index in [-0.39, 0.29) is 16.8 Å². The lowest BCUT2D eigenvalue weighted by atomic mass is 10.1. The summed E-state index contributed by atoms with van der Waals surface area (Å²) in [5.74, 6) is -0.165. The molecule has 5 nitrogen and oxygen atoms in total. The van der Waals surface area contributed by atoms with Crippen LogP contribution in [0.5, 0.6) is 0 Å². The zero-order chi connectivity index (χ0) is 19.2. The zero-order valence-electron chi connectivity index (χ0n) is 15.1. The molecule has 26 heavy (non-hydrogen) atoms. The van der Waals surface area contributed by atoms with Crippen LogP contribution < -0.4 is 9.62 Å². The van der Waals surface area contributed by atoms with Gasteiger partial charge in [0, 0.05) is 17.4 Å². The normalized spacial score (nSPS) is 16.5. The predicted molar refractivity (Wildman–Crippen MR) is 107 cm³/mol. The summed E-state index contributed by atoms with van der Waals surface area (Å²) in [6.07, 6.45) is 0.625. The van der Waals surface area contributed by atoms with E-state index in [0.29, 0.717) is 22.3 Å². The minimum atomic E-state index is -3.87. The van der Waals surface area contributed by atoms with E-state index in [1.54, 1.807) is 11.0 Å². The number of nitrogens with zero attached hydrogens (tertiary/aromatic N) is 1. The van der Waals surface area contributed by atoms with E-state index in [1.807, 2.05) is 45.0 Å². The summed E-state index contributed by atoms with van der Waals surface area (Å²) in [7, 11) is -3.87. The summed E-state index contributed by atoms with van der Waals surface area (Å²) in [5, 5.41) is 0. The first kappa shape index (κ1) is 18.9. The third-order valence-electron chi connectivity index (χ3n) is 4.66. The van der Waals surface area contributed by atoms with Crippen molar-refractivity contribution in [3.05, 3.63) is 51.5 Å². The number of carbonyl (C=O) groups excluding carboxylic acids is 1. The summed E-state index contributed by atoms with van der Waals surface area (Å²) < 4.78 is 29.8. The van der Waals surface area contributed by atoms with Gasteiger partial charge in [-0.3, -0.25) is 9.52 Å². The molecule has 0 radical (unpaired) electrons. The van der Waals surface area contributed by atoms with Gasteiger partial charge in [-0.15, -0.1) is 0 Å². The second-order valence-corrected chi connectivity index (χ2v) is 9.29. The minimum Gasteiger partial charge on any atom is -0.308 e. The Morgan fingerprint density at radius 3 is 2.42 bits per heavy atom. The third kappa shape index (κ3) is 3.25. The van der Waals surface area contributed by atoms with Gasteiger partial charge in [-0.1, -0.05) is 34.1 Å². The molecule has 0 fully saturated rings. The second-order valence-electron chi connectivity index (χ2n) is 6.73. The van der Waals surface area contributed by atoms with Gasteiger partial charge in [-0.2, -0.15) is 0 Å². The van der Waals surface area contributed by atoms with Crippen molar-refractivity contribution in [1.82, 2.24) is 0 Å². The number of halogens is 1. The van der Waals surface area contributed by atoms with Crippen molar-refractivity contribution in [2.75, 3.05) is 9.62 Å². The van der Waals surface area contributed by atoms with Crippen molar-refractivity contribution in [2.24, 2.45) is 0 Å². The Balaban J connectivity index is 2.17. The summed E-state index contributed by atoms with van der Waals surface area (Å²) >= 11 is 3.40. The van der Waals surface area contributed by atoms with Gasteiger partial charge in [0.1, 0.15) is 4.90 Å². The van der Waals surface area contributed by atoms with Crippen molar-refractivity contribution in [3.63, 3.8) is 0 Å². The van der Waals surface area contributed by atoms with E-state index < -0.39 is 10.0 Å². The molecule has 0 aliphatic carbocycles. The van der Waals surface area contributed by atoms with E-state index in [9.17, 15) is 13.2 Å². The molecule has 1 unspecified atom stereocenters. The lowest BCUT2D eigenvalue weighted by Gasteiger charge is -2.23. The molecule has 0 spiro atoms. The van der Waals surface area contributed by atoms with Gasteiger partial charge >= 0.3 is 0 Å². The summed E-state index contributed by atoms with van der Waals surface area (Å²) in [5.41, 5.74) is 3.59. The fourth-order valence-electron chi connectivity index (χ4n) is 3.52. The van der Waals surface area contributed by atoms with E-state index in [2.05, 4.69) is 20.7 Å². The molecule has 1 atom stereocenters. The van der Waals surface area contributed by atoms with Gasteiger partial charge in [-0.05, 0) is 56.0 Å². The molecular formula is C19H21BrN2O3S. The molecule has 2 aromatic rings. The maximum absolute atomic E-state index is 13.2. The molecule has 0 saturated heterocycles. The standard InChI is InChI=1S/C19H21BrN2O3S/c1-11-6-5-7-12(2)18(11)21-26(24,25)17-10-16(20)9-15-8-13(3)22(14(4)23)19(15)17/h5-7,9-10,13,21H,8H2,1-4H3. The van der Waals surface area contributed by atoms with Crippen molar-refractivity contribution in [1.29, 1.82) is 0 Å². The maximum Gasteiger partial charge on any atom is 0.264 e. The van der Waals surface area contributed by atoms with Crippen LogP contribution in [-0.4, -0.2) is 20.4 Å². The molecule has 1 N–H and O–H groups in total.